The van der Waals surface area contributed by atoms with Gasteiger partial charge in [-0.25, -0.2) is 4.90 Å². The minimum absolute atomic E-state index is 0.136. The quantitative estimate of drug-likeness (QED) is 0.842. The lowest BCUT2D eigenvalue weighted by Crippen LogP contribution is -2.37. The number of nitrogens with one attached hydrogen (secondary N) is 1. The van der Waals surface area contributed by atoms with Crippen LogP contribution in [-0.2, 0) is 16.0 Å². The molecule has 0 spiro atoms. The van der Waals surface area contributed by atoms with E-state index >= 15 is 0 Å². The number of carbonyl (C=O) groups is 2. The van der Waals surface area contributed by atoms with Crippen LogP contribution in [0, 0.1) is 34.6 Å². The normalized spacial score (nSPS) is 17.1. The first-order valence-electron chi connectivity index (χ1n) is 9.43. The average molecular weight is 364 g/mol. The van der Waals surface area contributed by atoms with Gasteiger partial charge in [0.1, 0.15) is 0 Å². The van der Waals surface area contributed by atoms with Crippen molar-refractivity contribution in [3.8, 4) is 0 Å². The minimum Gasteiger partial charge on any atom is -0.308 e. The third kappa shape index (κ3) is 3.54. The summed E-state index contributed by atoms with van der Waals surface area (Å²) in [5.41, 5.74) is 9.09. The molecule has 142 valence electrons. The predicted octanol–water partition coefficient (Wildman–Crippen LogP) is 3.67. The molecule has 1 unspecified atom stereocenters. The largest absolute Gasteiger partial charge is 0.308 e. The van der Waals surface area contributed by atoms with E-state index in [0.29, 0.717) is 0 Å². The highest BCUT2D eigenvalue weighted by Crippen LogP contribution is 2.31. The van der Waals surface area contributed by atoms with Gasteiger partial charge in [-0.3, -0.25) is 9.59 Å². The Morgan fingerprint density at radius 1 is 0.889 bits per heavy atom. The van der Waals surface area contributed by atoms with Gasteiger partial charge in [-0.05, 0) is 87.0 Å². The summed E-state index contributed by atoms with van der Waals surface area (Å²) in [5, 5.41) is 2.93. The Kier molecular flexibility index (Phi) is 5.20. The van der Waals surface area contributed by atoms with Crippen molar-refractivity contribution in [2.75, 3.05) is 11.9 Å². The fraction of sp³-hybridized carbons (Fsp3) is 0.391. The van der Waals surface area contributed by atoms with Crippen molar-refractivity contribution in [3.05, 3.63) is 63.2 Å². The smallest absolute Gasteiger partial charge is 0.251 e. The molecule has 0 radical (unpaired) electrons. The van der Waals surface area contributed by atoms with E-state index in [1.165, 1.54) is 32.7 Å². The van der Waals surface area contributed by atoms with Gasteiger partial charge in [0.2, 0.25) is 5.91 Å². The van der Waals surface area contributed by atoms with Crippen LogP contribution in [0.25, 0.3) is 0 Å². The van der Waals surface area contributed by atoms with Gasteiger partial charge in [-0.15, -0.1) is 0 Å². The van der Waals surface area contributed by atoms with E-state index in [0.717, 1.165) is 23.2 Å². The Labute approximate surface area is 161 Å². The van der Waals surface area contributed by atoms with Crippen molar-refractivity contribution in [1.82, 2.24) is 5.32 Å². The SMILES string of the molecule is CNC1CC(=O)N(c2c(C)cc(Cc3cc(C)c(C)c(C)c3)cc2C)C1=O. The summed E-state index contributed by atoms with van der Waals surface area (Å²) >= 11 is 0. The van der Waals surface area contributed by atoms with Gasteiger partial charge < -0.3 is 5.32 Å². The molecule has 27 heavy (non-hydrogen) atoms. The van der Waals surface area contributed by atoms with Crippen LogP contribution < -0.4 is 10.2 Å². The van der Waals surface area contributed by atoms with Crippen molar-refractivity contribution in [2.45, 2.75) is 53.5 Å². The van der Waals surface area contributed by atoms with E-state index in [4.69, 9.17) is 0 Å². The van der Waals surface area contributed by atoms with E-state index in [1.54, 1.807) is 7.05 Å². The number of hydrogen-bond donors (Lipinski definition) is 1. The fourth-order valence-corrected chi connectivity index (χ4v) is 4.06. The van der Waals surface area contributed by atoms with Gasteiger partial charge >= 0.3 is 0 Å². The van der Waals surface area contributed by atoms with E-state index in [1.807, 2.05) is 13.8 Å². The van der Waals surface area contributed by atoms with Gasteiger partial charge in [0.05, 0.1) is 18.2 Å². The van der Waals surface area contributed by atoms with Crippen LogP contribution in [0.1, 0.15) is 45.4 Å². The lowest BCUT2D eigenvalue weighted by atomic mass is 9.94. The summed E-state index contributed by atoms with van der Waals surface area (Å²) in [5.74, 6) is -0.297. The maximum atomic E-state index is 12.6. The molecular weight excluding hydrogens is 336 g/mol. The van der Waals surface area contributed by atoms with Crippen molar-refractivity contribution in [2.24, 2.45) is 0 Å². The molecule has 3 rings (SSSR count). The third-order valence-electron chi connectivity index (χ3n) is 5.66. The first kappa shape index (κ1) is 19.3. The highest BCUT2D eigenvalue weighted by molar-refractivity contribution is 6.23. The first-order valence-corrected chi connectivity index (χ1v) is 9.43. The van der Waals surface area contributed by atoms with E-state index in [9.17, 15) is 9.59 Å². The van der Waals surface area contributed by atoms with Gasteiger partial charge in [0, 0.05) is 0 Å². The standard InChI is InChI=1S/C23H28N2O2/c1-13-7-18(8-14(2)17(13)5)11-19-9-15(3)22(16(4)10-19)25-21(26)12-20(24-6)23(25)27/h7-10,20,24H,11-12H2,1-6H3. The van der Waals surface area contributed by atoms with Crippen LogP contribution >= 0.6 is 0 Å². The number of rotatable bonds is 4. The summed E-state index contributed by atoms with van der Waals surface area (Å²) in [4.78, 5) is 26.3. The molecule has 1 atom stereocenters. The lowest BCUT2D eigenvalue weighted by molar-refractivity contribution is -0.121. The van der Waals surface area contributed by atoms with Crippen LogP contribution in [0.3, 0.4) is 0 Å². The van der Waals surface area contributed by atoms with Crippen molar-refractivity contribution < 1.29 is 9.59 Å². The van der Waals surface area contributed by atoms with Gasteiger partial charge in [-0.1, -0.05) is 24.3 Å². The number of carbonyl (C=O) groups excluding carboxylic acids is 2. The Hall–Kier alpha value is -2.46. The molecule has 1 fully saturated rings. The van der Waals surface area contributed by atoms with Gasteiger partial charge in [-0.2, -0.15) is 0 Å². The molecule has 1 saturated heterocycles. The van der Waals surface area contributed by atoms with E-state index in [2.05, 4.69) is 50.4 Å². The molecule has 2 amide bonds. The summed E-state index contributed by atoms with van der Waals surface area (Å²) in [6, 6.07) is 8.26. The Balaban J connectivity index is 1.94. The van der Waals surface area contributed by atoms with Gasteiger partial charge in [0.25, 0.3) is 5.91 Å². The minimum atomic E-state index is -0.422. The van der Waals surface area contributed by atoms with Crippen LogP contribution in [0.5, 0.6) is 0 Å². The van der Waals surface area contributed by atoms with E-state index < -0.39 is 6.04 Å². The fourth-order valence-electron chi connectivity index (χ4n) is 4.06. The number of benzene rings is 2. The van der Waals surface area contributed by atoms with Gasteiger partial charge in [0.15, 0.2) is 0 Å². The van der Waals surface area contributed by atoms with Crippen LogP contribution in [0.2, 0.25) is 0 Å². The maximum Gasteiger partial charge on any atom is 0.251 e. The third-order valence-corrected chi connectivity index (χ3v) is 5.66. The van der Waals surface area contributed by atoms with Crippen molar-refractivity contribution in [3.63, 3.8) is 0 Å². The second-order valence-corrected chi connectivity index (χ2v) is 7.72. The second-order valence-electron chi connectivity index (χ2n) is 7.72. The Morgan fingerprint density at radius 3 is 1.81 bits per heavy atom. The number of hydrogen-bond acceptors (Lipinski definition) is 3. The molecule has 1 N–H and O–H groups in total. The lowest BCUT2D eigenvalue weighted by Gasteiger charge is -2.21. The van der Waals surface area contributed by atoms with Crippen LogP contribution in [-0.4, -0.2) is 24.9 Å². The Bertz CT molecular complexity index is 884. The van der Waals surface area contributed by atoms with Crippen molar-refractivity contribution in [1.29, 1.82) is 0 Å². The zero-order valence-corrected chi connectivity index (χ0v) is 17.1. The number of nitrogens with zero attached hydrogens (tertiary/aromatic N) is 1. The summed E-state index contributed by atoms with van der Waals surface area (Å²) in [7, 11) is 1.72. The summed E-state index contributed by atoms with van der Waals surface area (Å²) < 4.78 is 0. The molecule has 0 aliphatic carbocycles. The first-order chi connectivity index (χ1) is 12.7. The highest BCUT2D eigenvalue weighted by atomic mass is 16.2. The number of aryl methyl sites for hydroxylation is 4. The molecule has 0 bridgehead atoms. The van der Waals surface area contributed by atoms with E-state index in [-0.39, 0.29) is 18.2 Å². The maximum absolute atomic E-state index is 12.6. The molecule has 2 aromatic carbocycles. The zero-order valence-electron chi connectivity index (χ0n) is 17.1. The molecule has 4 heteroatoms. The number of imide groups is 1. The number of amides is 2. The molecule has 2 aromatic rings. The summed E-state index contributed by atoms with van der Waals surface area (Å²) in [6.07, 6.45) is 1.06. The summed E-state index contributed by atoms with van der Waals surface area (Å²) in [6.45, 7) is 10.4. The predicted molar refractivity (Wildman–Crippen MR) is 109 cm³/mol. The Morgan fingerprint density at radius 2 is 1.37 bits per heavy atom. The second kappa shape index (κ2) is 7.28. The number of likely N-dealkylation sites (N-methyl/N-ethyl adjacent to an activating group) is 1. The molecule has 0 saturated carbocycles. The zero-order chi connectivity index (χ0) is 19.9. The molecular formula is C23H28N2O2. The average Bonchev–Trinajstić information content (AvgIpc) is 2.87. The highest BCUT2D eigenvalue weighted by Gasteiger charge is 2.39. The molecule has 1 aliphatic heterocycles. The van der Waals surface area contributed by atoms with Crippen LogP contribution in [0.4, 0.5) is 5.69 Å². The molecule has 1 aliphatic rings. The van der Waals surface area contributed by atoms with Crippen molar-refractivity contribution >= 4 is 17.5 Å². The molecule has 1 heterocycles. The molecule has 0 aromatic heterocycles. The monoisotopic (exact) mass is 364 g/mol. The topological polar surface area (TPSA) is 49.4 Å². The number of anilines is 1. The van der Waals surface area contributed by atoms with Crippen LogP contribution in [0.15, 0.2) is 24.3 Å². The molecule has 4 nitrogen and oxygen atoms in total.